The monoisotopic (exact) mass is 610 g/mol. The van der Waals surface area contributed by atoms with Gasteiger partial charge in [-0.15, -0.1) is 0 Å². The molecular formula is C36H42N4O5. The van der Waals surface area contributed by atoms with E-state index >= 15 is 0 Å². The first-order valence-electron chi connectivity index (χ1n) is 15.6. The van der Waals surface area contributed by atoms with Crippen molar-refractivity contribution in [3.8, 4) is 28.1 Å². The highest BCUT2D eigenvalue weighted by atomic mass is 16.5. The molecule has 0 saturated carbocycles. The van der Waals surface area contributed by atoms with Gasteiger partial charge >= 0.3 is 5.97 Å². The molecule has 1 N–H and O–H groups in total. The highest BCUT2D eigenvalue weighted by Gasteiger charge is 2.37. The van der Waals surface area contributed by atoms with E-state index in [9.17, 15) is 9.90 Å². The molecule has 0 aliphatic carbocycles. The van der Waals surface area contributed by atoms with Crippen LogP contribution in [0.25, 0.3) is 28.0 Å². The Hall–Kier alpha value is -4.21. The Labute approximate surface area is 264 Å². The SMILES string of the molecule is Cc1nc2cc3nn2c(c1[C@H](OC(C)(C)C)C(=O)O)N1CCC(C)(CC1)OC/C=C/[C@@H](C)Oc1ccccc1-c1cccc-3c1. The zero-order valence-electron chi connectivity index (χ0n) is 26.9. The molecule has 3 aliphatic rings. The van der Waals surface area contributed by atoms with Crippen LogP contribution in [0.3, 0.4) is 0 Å². The van der Waals surface area contributed by atoms with Crippen LogP contribution < -0.4 is 9.64 Å². The van der Waals surface area contributed by atoms with Gasteiger partial charge in [-0.2, -0.15) is 9.61 Å². The van der Waals surface area contributed by atoms with Crippen molar-refractivity contribution in [3.63, 3.8) is 0 Å². The van der Waals surface area contributed by atoms with E-state index in [1.54, 1.807) is 4.52 Å². The van der Waals surface area contributed by atoms with Gasteiger partial charge in [0.25, 0.3) is 0 Å². The van der Waals surface area contributed by atoms with Gasteiger partial charge in [0.2, 0.25) is 0 Å². The Morgan fingerprint density at radius 1 is 1.09 bits per heavy atom. The summed E-state index contributed by atoms with van der Waals surface area (Å²) in [6.45, 7) is 13.4. The second-order valence-corrected chi connectivity index (χ2v) is 13.3. The third-order valence-corrected chi connectivity index (χ3v) is 8.49. The number of carboxylic acids is 1. The fourth-order valence-corrected chi connectivity index (χ4v) is 6.18. The molecule has 9 nitrogen and oxygen atoms in total. The topological polar surface area (TPSA) is 98.4 Å². The molecule has 2 atom stereocenters. The van der Waals surface area contributed by atoms with Gasteiger partial charge in [0, 0.05) is 36.0 Å². The van der Waals surface area contributed by atoms with Gasteiger partial charge in [-0.1, -0.05) is 42.5 Å². The van der Waals surface area contributed by atoms with Crippen molar-refractivity contribution in [1.82, 2.24) is 14.6 Å². The molecule has 2 aromatic carbocycles. The summed E-state index contributed by atoms with van der Waals surface area (Å²) >= 11 is 0. The second-order valence-electron chi connectivity index (χ2n) is 13.3. The van der Waals surface area contributed by atoms with E-state index in [4.69, 9.17) is 24.3 Å². The summed E-state index contributed by atoms with van der Waals surface area (Å²) in [5.41, 5.74) is 4.39. The summed E-state index contributed by atoms with van der Waals surface area (Å²) in [6, 6.07) is 18.2. The fourth-order valence-electron chi connectivity index (χ4n) is 6.18. The average molecular weight is 611 g/mol. The number of aromatic nitrogens is 3. The number of ether oxygens (including phenoxy) is 3. The van der Waals surface area contributed by atoms with Gasteiger partial charge in [0.05, 0.1) is 29.1 Å². The summed E-state index contributed by atoms with van der Waals surface area (Å²) in [5, 5.41) is 15.5. The fraction of sp³-hybridized carbons (Fsp3) is 0.417. The number of hydrogen-bond donors (Lipinski definition) is 1. The number of para-hydroxylation sites is 1. The summed E-state index contributed by atoms with van der Waals surface area (Å²) in [5.74, 6) is 0.430. The number of anilines is 1. The van der Waals surface area contributed by atoms with Crippen molar-refractivity contribution < 1.29 is 24.1 Å². The molecule has 7 rings (SSSR count). The lowest BCUT2D eigenvalue weighted by molar-refractivity contribution is -0.160. The number of benzene rings is 2. The number of piperidine rings is 1. The lowest BCUT2D eigenvalue weighted by Gasteiger charge is -2.41. The van der Waals surface area contributed by atoms with Gasteiger partial charge in [-0.25, -0.2) is 9.78 Å². The highest BCUT2D eigenvalue weighted by molar-refractivity contribution is 5.80. The maximum atomic E-state index is 12.8. The lowest BCUT2D eigenvalue weighted by Crippen LogP contribution is -2.45. The van der Waals surface area contributed by atoms with Crippen molar-refractivity contribution in [3.05, 3.63) is 78.0 Å². The van der Waals surface area contributed by atoms with Crippen molar-refractivity contribution in [2.75, 3.05) is 24.6 Å². The van der Waals surface area contributed by atoms with Crippen molar-refractivity contribution in [1.29, 1.82) is 0 Å². The average Bonchev–Trinajstić information content (AvgIpc) is 3.41. The van der Waals surface area contributed by atoms with Crippen LogP contribution in [0.15, 0.2) is 66.7 Å². The predicted octanol–water partition coefficient (Wildman–Crippen LogP) is 7.03. The van der Waals surface area contributed by atoms with Crippen molar-refractivity contribution >= 4 is 17.4 Å². The number of carbonyl (C=O) groups is 1. The van der Waals surface area contributed by atoms with E-state index in [0.29, 0.717) is 42.4 Å². The zero-order valence-corrected chi connectivity index (χ0v) is 26.9. The van der Waals surface area contributed by atoms with Crippen LogP contribution in [0.2, 0.25) is 0 Å². The number of carboxylic acid groups (broad SMARTS) is 1. The van der Waals surface area contributed by atoms with E-state index in [2.05, 4.69) is 30.0 Å². The van der Waals surface area contributed by atoms with Crippen LogP contribution in [-0.4, -0.2) is 62.7 Å². The summed E-state index contributed by atoms with van der Waals surface area (Å²) in [4.78, 5) is 19.9. The Morgan fingerprint density at radius 3 is 2.56 bits per heavy atom. The van der Waals surface area contributed by atoms with Gasteiger partial charge in [-0.3, -0.25) is 0 Å². The Kier molecular flexibility index (Phi) is 8.18. The second kappa shape index (κ2) is 11.9. The predicted molar refractivity (Wildman–Crippen MR) is 175 cm³/mol. The van der Waals surface area contributed by atoms with E-state index in [1.165, 1.54) is 0 Å². The molecule has 9 heteroatoms. The standard InChI is InChI=1S/C36H42N4O5/c1-23-11-10-20-43-36(6)16-18-39(19-17-36)33-31(32(34(41)42)45-35(3,4)5)24(2)37-30-22-28(38-40(30)33)26-13-9-12-25(21-26)27-14-7-8-15-29(27)44-23/h7-15,21-23,32H,16-20H2,1-6H3,(H,41,42)/b11-10+/t23-,32+/m1/s1. The number of fused-ring (bicyclic) bond motifs is 6. The molecule has 6 bridgehead atoms. The molecule has 0 radical (unpaired) electrons. The normalized spacial score (nSPS) is 21.8. The van der Waals surface area contributed by atoms with Crippen LogP contribution in [0.4, 0.5) is 5.82 Å². The van der Waals surface area contributed by atoms with E-state index in [1.807, 2.05) is 83.2 Å². The Bertz CT molecular complexity index is 1750. The molecule has 2 aromatic heterocycles. The summed E-state index contributed by atoms with van der Waals surface area (Å²) < 4.78 is 20.8. The molecule has 4 aromatic rings. The maximum absolute atomic E-state index is 12.8. The molecule has 3 aliphatic heterocycles. The zero-order chi connectivity index (χ0) is 31.9. The lowest BCUT2D eigenvalue weighted by atomic mass is 9.92. The first-order chi connectivity index (χ1) is 21.4. The Morgan fingerprint density at radius 2 is 1.82 bits per heavy atom. The number of hydrogen-bond acceptors (Lipinski definition) is 7. The minimum absolute atomic E-state index is 0.143. The van der Waals surface area contributed by atoms with Crippen LogP contribution in [0.1, 0.15) is 64.8 Å². The molecular weight excluding hydrogens is 568 g/mol. The molecule has 236 valence electrons. The Balaban J connectivity index is 1.55. The third kappa shape index (κ3) is 6.46. The van der Waals surface area contributed by atoms with Crippen LogP contribution in [0.5, 0.6) is 5.75 Å². The van der Waals surface area contributed by atoms with Crippen LogP contribution in [-0.2, 0) is 14.3 Å². The molecule has 1 saturated heterocycles. The van der Waals surface area contributed by atoms with E-state index in [0.717, 1.165) is 41.0 Å². The van der Waals surface area contributed by atoms with Crippen LogP contribution >= 0.6 is 0 Å². The largest absolute Gasteiger partial charge is 0.486 e. The number of nitrogens with zero attached hydrogens (tertiary/aromatic N) is 4. The van der Waals surface area contributed by atoms with Gasteiger partial charge in [-0.05, 0) is 78.2 Å². The number of aliphatic carboxylic acids is 1. The number of rotatable bonds is 3. The quantitative estimate of drug-likeness (QED) is 0.247. The van der Waals surface area contributed by atoms with E-state index < -0.39 is 17.7 Å². The van der Waals surface area contributed by atoms with Crippen molar-refractivity contribution in [2.45, 2.75) is 77.8 Å². The summed E-state index contributed by atoms with van der Waals surface area (Å²) in [6.07, 6.45) is 4.22. The minimum atomic E-state index is -1.22. The smallest absolute Gasteiger partial charge is 0.337 e. The molecule has 5 heterocycles. The number of aryl methyl sites for hydroxylation is 1. The van der Waals surface area contributed by atoms with E-state index in [-0.39, 0.29) is 11.7 Å². The maximum Gasteiger partial charge on any atom is 0.337 e. The van der Waals surface area contributed by atoms with Crippen molar-refractivity contribution in [2.24, 2.45) is 0 Å². The molecule has 1 fully saturated rings. The highest BCUT2D eigenvalue weighted by Crippen LogP contribution is 2.39. The molecule has 45 heavy (non-hydrogen) atoms. The minimum Gasteiger partial charge on any atom is -0.486 e. The van der Waals surface area contributed by atoms with Gasteiger partial charge < -0.3 is 24.2 Å². The first kappa shape index (κ1) is 30.8. The molecule has 0 amide bonds. The molecule has 0 spiro atoms. The van der Waals surface area contributed by atoms with Gasteiger partial charge in [0.1, 0.15) is 17.7 Å². The van der Waals surface area contributed by atoms with Gasteiger partial charge in [0.15, 0.2) is 11.8 Å². The van der Waals surface area contributed by atoms with Crippen LogP contribution in [0, 0.1) is 6.92 Å². The third-order valence-electron chi connectivity index (χ3n) is 8.49. The first-order valence-corrected chi connectivity index (χ1v) is 15.6. The molecule has 0 unspecified atom stereocenters. The summed E-state index contributed by atoms with van der Waals surface area (Å²) in [7, 11) is 0.